The van der Waals surface area contributed by atoms with Gasteiger partial charge in [0.2, 0.25) is 5.75 Å². The smallest absolute Gasteiger partial charge is 0.274 e. The van der Waals surface area contributed by atoms with Gasteiger partial charge in [-0.1, -0.05) is 0 Å². The van der Waals surface area contributed by atoms with Crippen molar-refractivity contribution in [2.45, 2.75) is 6.54 Å². The van der Waals surface area contributed by atoms with Crippen molar-refractivity contribution >= 4 is 17.2 Å². The number of carbonyl (C=O) groups excluding carboxylic acids is 1. The van der Waals surface area contributed by atoms with Gasteiger partial charge in [0, 0.05) is 29.9 Å². The van der Waals surface area contributed by atoms with Crippen molar-refractivity contribution < 1.29 is 14.3 Å². The molecule has 4 rings (SSSR count). The van der Waals surface area contributed by atoms with Crippen molar-refractivity contribution in [3.8, 4) is 23.0 Å². The summed E-state index contributed by atoms with van der Waals surface area (Å²) in [5.74, 6) is 0.700. The number of thiophene rings is 1. The van der Waals surface area contributed by atoms with Crippen LogP contribution in [0.4, 0.5) is 0 Å². The zero-order chi connectivity index (χ0) is 17.1. The molecule has 0 radical (unpaired) electrons. The highest BCUT2D eigenvalue weighted by Gasteiger charge is 2.25. The number of ether oxygens (including phenoxy) is 2. The minimum Gasteiger partial charge on any atom is -0.483 e. The van der Waals surface area contributed by atoms with Crippen LogP contribution in [0.2, 0.25) is 0 Å². The van der Waals surface area contributed by atoms with Crippen molar-refractivity contribution in [2.75, 3.05) is 13.2 Å². The summed E-state index contributed by atoms with van der Waals surface area (Å²) in [6.45, 7) is 1.12. The van der Waals surface area contributed by atoms with Crippen LogP contribution in [0.15, 0.2) is 41.4 Å². The fraction of sp³-hybridized carbons (Fsp3) is 0.176. The molecule has 8 heteroatoms. The molecular formula is C17H14N4O3S. The molecule has 0 atom stereocenters. The Balaban J connectivity index is 1.65. The molecule has 25 heavy (non-hydrogen) atoms. The van der Waals surface area contributed by atoms with E-state index in [1.165, 1.54) is 11.3 Å². The average molecular weight is 354 g/mol. The number of nitrogens with zero attached hydrogens (tertiary/aromatic N) is 3. The molecular weight excluding hydrogens is 340 g/mol. The fourth-order valence-corrected chi connectivity index (χ4v) is 3.02. The Bertz CT molecular complexity index is 884. The lowest BCUT2D eigenvalue weighted by Crippen LogP contribution is -2.27. The van der Waals surface area contributed by atoms with Crippen LogP contribution in [0.5, 0.6) is 11.6 Å². The summed E-state index contributed by atoms with van der Waals surface area (Å²) in [5.41, 5.74) is 1.96. The first-order valence-corrected chi connectivity index (χ1v) is 8.63. The lowest BCUT2D eigenvalue weighted by molar-refractivity contribution is 0.0931. The van der Waals surface area contributed by atoms with Gasteiger partial charge in [-0.05, 0) is 29.1 Å². The Hall–Kier alpha value is -3.00. The van der Waals surface area contributed by atoms with E-state index < -0.39 is 0 Å². The Labute approximate surface area is 147 Å². The lowest BCUT2D eigenvalue weighted by Gasteiger charge is -2.20. The van der Waals surface area contributed by atoms with Crippen LogP contribution < -0.4 is 14.8 Å². The monoisotopic (exact) mass is 354 g/mol. The van der Waals surface area contributed by atoms with Crippen LogP contribution in [0.25, 0.3) is 11.4 Å². The van der Waals surface area contributed by atoms with E-state index in [0.29, 0.717) is 31.5 Å². The van der Waals surface area contributed by atoms with Crippen molar-refractivity contribution in [3.05, 3.63) is 52.6 Å². The van der Waals surface area contributed by atoms with Crippen molar-refractivity contribution in [3.63, 3.8) is 0 Å². The first-order chi connectivity index (χ1) is 12.3. The van der Waals surface area contributed by atoms with Crippen molar-refractivity contribution in [2.24, 2.45) is 0 Å². The zero-order valence-corrected chi connectivity index (χ0v) is 14.0. The first-order valence-electron chi connectivity index (χ1n) is 7.68. The standard InChI is InChI=1S/C17H14N4O3S/c22-16(19-9-11-1-4-18-5-2-11)13-14-17(24-7-6-23-14)21-15(20-13)12-3-8-25-10-12/h1-5,8,10H,6-7,9H2,(H,19,22). The normalized spacial score (nSPS) is 12.6. The molecule has 3 aromatic heterocycles. The molecule has 0 bridgehead atoms. The maximum atomic E-state index is 12.7. The number of hydrogen-bond donors (Lipinski definition) is 1. The summed E-state index contributed by atoms with van der Waals surface area (Å²) in [6, 6.07) is 5.58. The molecule has 4 heterocycles. The summed E-state index contributed by atoms with van der Waals surface area (Å²) in [7, 11) is 0. The molecule has 0 unspecified atom stereocenters. The molecule has 1 aliphatic rings. The second-order valence-electron chi connectivity index (χ2n) is 5.28. The van der Waals surface area contributed by atoms with Crippen LogP contribution in [0.3, 0.4) is 0 Å². The number of pyridine rings is 1. The van der Waals surface area contributed by atoms with Gasteiger partial charge < -0.3 is 14.8 Å². The molecule has 1 aliphatic heterocycles. The van der Waals surface area contributed by atoms with Crippen LogP contribution in [0, 0.1) is 0 Å². The van der Waals surface area contributed by atoms with E-state index in [0.717, 1.165) is 11.1 Å². The van der Waals surface area contributed by atoms with Crippen molar-refractivity contribution in [1.82, 2.24) is 20.3 Å². The largest absolute Gasteiger partial charge is 0.483 e. The van der Waals surface area contributed by atoms with E-state index in [9.17, 15) is 4.79 Å². The van der Waals surface area contributed by atoms with Crippen LogP contribution in [0.1, 0.15) is 16.1 Å². The Morgan fingerprint density at radius 1 is 1.16 bits per heavy atom. The second-order valence-corrected chi connectivity index (χ2v) is 6.06. The van der Waals surface area contributed by atoms with Gasteiger partial charge in [-0.2, -0.15) is 16.3 Å². The molecule has 1 amide bonds. The highest BCUT2D eigenvalue weighted by atomic mass is 32.1. The van der Waals surface area contributed by atoms with Gasteiger partial charge in [0.1, 0.15) is 13.2 Å². The fourth-order valence-electron chi connectivity index (χ4n) is 2.38. The third kappa shape index (κ3) is 3.29. The van der Waals surface area contributed by atoms with E-state index in [4.69, 9.17) is 9.47 Å². The third-order valence-electron chi connectivity index (χ3n) is 3.60. The minimum absolute atomic E-state index is 0.181. The van der Waals surface area contributed by atoms with Crippen molar-refractivity contribution in [1.29, 1.82) is 0 Å². The topological polar surface area (TPSA) is 86.2 Å². The molecule has 0 spiro atoms. The highest BCUT2D eigenvalue weighted by molar-refractivity contribution is 7.08. The van der Waals surface area contributed by atoms with Gasteiger partial charge >= 0.3 is 0 Å². The van der Waals surface area contributed by atoms with Crippen LogP contribution in [-0.2, 0) is 6.54 Å². The molecule has 0 saturated heterocycles. The summed E-state index contributed by atoms with van der Waals surface area (Å²) < 4.78 is 11.1. The predicted octanol–water partition coefficient (Wildman–Crippen LogP) is 2.30. The maximum Gasteiger partial charge on any atom is 0.274 e. The Kier molecular flexibility index (Phi) is 4.26. The SMILES string of the molecule is O=C(NCc1ccncc1)c1nc(-c2ccsc2)nc2c1OCCO2. The lowest BCUT2D eigenvalue weighted by atomic mass is 10.2. The number of carbonyl (C=O) groups is 1. The van der Waals surface area contributed by atoms with E-state index >= 15 is 0 Å². The number of hydrogen-bond acceptors (Lipinski definition) is 7. The van der Waals surface area contributed by atoms with Crippen LogP contribution in [-0.4, -0.2) is 34.1 Å². The molecule has 7 nitrogen and oxygen atoms in total. The van der Waals surface area contributed by atoms with Gasteiger partial charge in [-0.15, -0.1) is 0 Å². The summed E-state index contributed by atoms with van der Waals surface area (Å²) in [6.07, 6.45) is 3.36. The maximum absolute atomic E-state index is 12.7. The number of fused-ring (bicyclic) bond motifs is 1. The highest BCUT2D eigenvalue weighted by Crippen LogP contribution is 2.33. The number of amides is 1. The van der Waals surface area contributed by atoms with E-state index in [-0.39, 0.29) is 17.4 Å². The second kappa shape index (κ2) is 6.86. The molecule has 126 valence electrons. The van der Waals surface area contributed by atoms with Crippen LogP contribution >= 0.6 is 11.3 Å². The third-order valence-corrected chi connectivity index (χ3v) is 4.28. The number of nitrogens with one attached hydrogen (secondary N) is 1. The molecule has 0 saturated carbocycles. The van der Waals surface area contributed by atoms with Gasteiger partial charge in [-0.25, -0.2) is 4.98 Å². The summed E-state index contributed by atoms with van der Waals surface area (Å²) >= 11 is 1.54. The quantitative estimate of drug-likeness (QED) is 0.774. The number of aromatic nitrogens is 3. The van der Waals surface area contributed by atoms with Gasteiger partial charge in [-0.3, -0.25) is 9.78 Å². The molecule has 0 aliphatic carbocycles. The molecule has 1 N–H and O–H groups in total. The summed E-state index contributed by atoms with van der Waals surface area (Å²) in [4.78, 5) is 25.4. The Morgan fingerprint density at radius 2 is 2.00 bits per heavy atom. The van der Waals surface area contributed by atoms with E-state index in [1.807, 2.05) is 29.0 Å². The summed E-state index contributed by atoms with van der Waals surface area (Å²) in [5, 5.41) is 6.70. The minimum atomic E-state index is -0.336. The average Bonchev–Trinajstić information content (AvgIpc) is 3.21. The van der Waals surface area contributed by atoms with Gasteiger partial charge in [0.25, 0.3) is 11.8 Å². The van der Waals surface area contributed by atoms with Gasteiger partial charge in [0.15, 0.2) is 11.5 Å². The zero-order valence-electron chi connectivity index (χ0n) is 13.1. The molecule has 0 aromatic carbocycles. The molecule has 0 fully saturated rings. The predicted molar refractivity (Wildman–Crippen MR) is 91.7 cm³/mol. The van der Waals surface area contributed by atoms with E-state index in [1.54, 1.807) is 12.4 Å². The first kappa shape index (κ1) is 15.5. The van der Waals surface area contributed by atoms with Gasteiger partial charge in [0.05, 0.1) is 0 Å². The molecule has 3 aromatic rings. The van der Waals surface area contributed by atoms with E-state index in [2.05, 4.69) is 20.3 Å². The number of rotatable bonds is 4. The Morgan fingerprint density at radius 3 is 2.80 bits per heavy atom.